The first kappa shape index (κ1) is 14.0. The minimum atomic E-state index is -0.197. The third-order valence-corrected chi connectivity index (χ3v) is 4.65. The number of benzene rings is 1. The van der Waals surface area contributed by atoms with Gasteiger partial charge >= 0.3 is 0 Å². The molecule has 1 fully saturated rings. The standard InChI is InChI=1S/C14H20BrFN2/c1-10-4-5-18(9-12(10)7-17)8-11-2-3-13(16)6-14(11)15/h2-3,6,10,12H,4-5,7-9,17H2,1H3. The van der Waals surface area contributed by atoms with Gasteiger partial charge in [-0.1, -0.05) is 28.9 Å². The van der Waals surface area contributed by atoms with E-state index in [9.17, 15) is 4.39 Å². The van der Waals surface area contributed by atoms with Crippen LogP contribution in [-0.2, 0) is 6.54 Å². The second-order valence-corrected chi connectivity index (χ2v) is 6.09. The summed E-state index contributed by atoms with van der Waals surface area (Å²) in [6, 6.07) is 4.91. The molecule has 100 valence electrons. The average Bonchev–Trinajstić information content (AvgIpc) is 2.35. The maximum Gasteiger partial charge on any atom is 0.124 e. The lowest BCUT2D eigenvalue weighted by Crippen LogP contribution is -2.42. The molecule has 2 rings (SSSR count). The molecule has 0 bridgehead atoms. The molecule has 1 heterocycles. The van der Waals surface area contributed by atoms with Gasteiger partial charge in [-0.15, -0.1) is 0 Å². The van der Waals surface area contributed by atoms with Crippen LogP contribution in [0, 0.1) is 17.7 Å². The number of piperidine rings is 1. The Morgan fingerprint density at radius 2 is 2.28 bits per heavy atom. The van der Waals surface area contributed by atoms with Crippen LogP contribution in [0.25, 0.3) is 0 Å². The average molecular weight is 315 g/mol. The summed E-state index contributed by atoms with van der Waals surface area (Å²) < 4.78 is 13.9. The van der Waals surface area contributed by atoms with Crippen molar-refractivity contribution in [3.8, 4) is 0 Å². The van der Waals surface area contributed by atoms with Crippen LogP contribution in [0.5, 0.6) is 0 Å². The largest absolute Gasteiger partial charge is 0.330 e. The quantitative estimate of drug-likeness (QED) is 0.929. The van der Waals surface area contributed by atoms with Gasteiger partial charge in [0.1, 0.15) is 5.82 Å². The van der Waals surface area contributed by atoms with E-state index in [0.29, 0.717) is 11.8 Å². The van der Waals surface area contributed by atoms with Gasteiger partial charge in [0.05, 0.1) is 0 Å². The molecule has 1 aliphatic rings. The Labute approximate surface area is 116 Å². The molecule has 2 atom stereocenters. The minimum Gasteiger partial charge on any atom is -0.330 e. The van der Waals surface area contributed by atoms with Gasteiger partial charge in [0, 0.05) is 17.6 Å². The number of nitrogens with two attached hydrogens (primary N) is 1. The predicted octanol–water partition coefficient (Wildman–Crippen LogP) is 3.00. The van der Waals surface area contributed by atoms with Gasteiger partial charge in [-0.2, -0.15) is 0 Å². The molecular weight excluding hydrogens is 295 g/mol. The highest BCUT2D eigenvalue weighted by Gasteiger charge is 2.25. The van der Waals surface area contributed by atoms with E-state index in [1.54, 1.807) is 0 Å². The number of likely N-dealkylation sites (tertiary alicyclic amines) is 1. The molecule has 2 nitrogen and oxygen atoms in total. The van der Waals surface area contributed by atoms with E-state index in [-0.39, 0.29) is 5.82 Å². The molecule has 0 aliphatic carbocycles. The summed E-state index contributed by atoms with van der Waals surface area (Å²) in [4.78, 5) is 2.41. The summed E-state index contributed by atoms with van der Waals surface area (Å²) in [6.45, 7) is 6.04. The van der Waals surface area contributed by atoms with Crippen LogP contribution in [0.2, 0.25) is 0 Å². The highest BCUT2D eigenvalue weighted by molar-refractivity contribution is 9.10. The van der Waals surface area contributed by atoms with Gasteiger partial charge in [0.15, 0.2) is 0 Å². The van der Waals surface area contributed by atoms with Gasteiger partial charge in [-0.25, -0.2) is 4.39 Å². The maximum absolute atomic E-state index is 13.0. The predicted molar refractivity (Wildman–Crippen MR) is 75.7 cm³/mol. The minimum absolute atomic E-state index is 0.197. The molecule has 1 aromatic rings. The number of halogens is 2. The summed E-state index contributed by atoms with van der Waals surface area (Å²) in [6.07, 6.45) is 1.20. The first-order valence-corrected chi connectivity index (χ1v) is 7.25. The first-order chi connectivity index (χ1) is 8.60. The fourth-order valence-electron chi connectivity index (χ4n) is 2.57. The first-order valence-electron chi connectivity index (χ1n) is 6.46. The van der Waals surface area contributed by atoms with Crippen molar-refractivity contribution in [1.82, 2.24) is 4.90 Å². The van der Waals surface area contributed by atoms with E-state index < -0.39 is 0 Å². The van der Waals surface area contributed by atoms with Crippen LogP contribution in [0.3, 0.4) is 0 Å². The van der Waals surface area contributed by atoms with E-state index in [4.69, 9.17) is 5.73 Å². The molecule has 0 amide bonds. The Kier molecular flexibility index (Phi) is 4.76. The maximum atomic E-state index is 13.0. The zero-order valence-electron chi connectivity index (χ0n) is 10.7. The van der Waals surface area contributed by atoms with Crippen molar-refractivity contribution in [2.75, 3.05) is 19.6 Å². The lowest BCUT2D eigenvalue weighted by Gasteiger charge is -2.36. The molecule has 18 heavy (non-hydrogen) atoms. The van der Waals surface area contributed by atoms with Crippen molar-refractivity contribution >= 4 is 15.9 Å². The number of hydrogen-bond donors (Lipinski definition) is 1. The molecule has 2 unspecified atom stereocenters. The molecule has 1 aromatic carbocycles. The monoisotopic (exact) mass is 314 g/mol. The van der Waals surface area contributed by atoms with Gasteiger partial charge in [0.25, 0.3) is 0 Å². The fraction of sp³-hybridized carbons (Fsp3) is 0.571. The van der Waals surface area contributed by atoms with Crippen molar-refractivity contribution in [2.45, 2.75) is 19.9 Å². The topological polar surface area (TPSA) is 29.3 Å². The second-order valence-electron chi connectivity index (χ2n) is 5.23. The molecule has 1 saturated heterocycles. The van der Waals surface area contributed by atoms with Crippen molar-refractivity contribution in [2.24, 2.45) is 17.6 Å². The molecule has 0 spiro atoms. The molecule has 0 saturated carbocycles. The number of hydrogen-bond acceptors (Lipinski definition) is 2. The number of rotatable bonds is 3. The Morgan fingerprint density at radius 3 is 2.94 bits per heavy atom. The van der Waals surface area contributed by atoms with Gasteiger partial charge < -0.3 is 5.73 Å². The molecule has 1 aliphatic heterocycles. The molecule has 4 heteroatoms. The molecule has 0 aromatic heterocycles. The third kappa shape index (κ3) is 3.31. The van der Waals surface area contributed by atoms with E-state index in [1.807, 2.05) is 6.07 Å². The molecule has 2 N–H and O–H groups in total. The Morgan fingerprint density at radius 1 is 1.50 bits per heavy atom. The van der Waals surface area contributed by atoms with Crippen molar-refractivity contribution < 1.29 is 4.39 Å². The van der Waals surface area contributed by atoms with Crippen molar-refractivity contribution in [1.29, 1.82) is 0 Å². The molecular formula is C14H20BrFN2. The normalized spacial score (nSPS) is 25.3. The lowest BCUT2D eigenvalue weighted by atomic mass is 9.87. The SMILES string of the molecule is CC1CCN(Cc2ccc(F)cc2Br)CC1CN. The summed E-state index contributed by atoms with van der Waals surface area (Å²) in [7, 11) is 0. The lowest BCUT2D eigenvalue weighted by molar-refractivity contribution is 0.126. The molecule has 0 radical (unpaired) electrons. The van der Waals surface area contributed by atoms with E-state index >= 15 is 0 Å². The number of nitrogens with zero attached hydrogens (tertiary/aromatic N) is 1. The van der Waals surface area contributed by atoms with Gasteiger partial charge in [0.2, 0.25) is 0 Å². The summed E-state index contributed by atoms with van der Waals surface area (Å²) in [5.41, 5.74) is 6.95. The Hall–Kier alpha value is -0.450. The summed E-state index contributed by atoms with van der Waals surface area (Å²) >= 11 is 3.43. The van der Waals surface area contributed by atoms with E-state index in [1.165, 1.54) is 18.6 Å². The third-order valence-electron chi connectivity index (χ3n) is 3.91. The Bertz CT molecular complexity index is 411. The fourth-order valence-corrected chi connectivity index (χ4v) is 3.04. The van der Waals surface area contributed by atoms with Crippen LogP contribution >= 0.6 is 15.9 Å². The highest BCUT2D eigenvalue weighted by atomic mass is 79.9. The van der Waals surface area contributed by atoms with Crippen LogP contribution in [0.1, 0.15) is 18.9 Å². The van der Waals surface area contributed by atoms with Crippen LogP contribution in [-0.4, -0.2) is 24.5 Å². The van der Waals surface area contributed by atoms with Gasteiger partial charge in [-0.05, 0) is 49.0 Å². The second kappa shape index (κ2) is 6.13. The Balaban J connectivity index is 2.01. The van der Waals surface area contributed by atoms with E-state index in [0.717, 1.165) is 36.2 Å². The highest BCUT2D eigenvalue weighted by Crippen LogP contribution is 2.25. The summed E-state index contributed by atoms with van der Waals surface area (Å²) in [5.74, 6) is 1.10. The van der Waals surface area contributed by atoms with E-state index in [2.05, 4.69) is 27.8 Å². The van der Waals surface area contributed by atoms with Crippen LogP contribution < -0.4 is 5.73 Å². The van der Waals surface area contributed by atoms with Crippen LogP contribution in [0.15, 0.2) is 22.7 Å². The summed E-state index contributed by atoms with van der Waals surface area (Å²) in [5, 5.41) is 0. The van der Waals surface area contributed by atoms with Crippen LogP contribution in [0.4, 0.5) is 4.39 Å². The van der Waals surface area contributed by atoms with Crippen molar-refractivity contribution in [3.05, 3.63) is 34.1 Å². The zero-order valence-corrected chi connectivity index (χ0v) is 12.3. The van der Waals surface area contributed by atoms with Gasteiger partial charge in [-0.3, -0.25) is 4.90 Å². The van der Waals surface area contributed by atoms with Crippen molar-refractivity contribution in [3.63, 3.8) is 0 Å². The smallest absolute Gasteiger partial charge is 0.124 e. The zero-order chi connectivity index (χ0) is 13.1.